The Morgan fingerprint density at radius 1 is 1.35 bits per heavy atom. The van der Waals surface area contributed by atoms with Gasteiger partial charge in [-0.3, -0.25) is 9.69 Å². The highest BCUT2D eigenvalue weighted by Gasteiger charge is 2.35. The first-order chi connectivity index (χ1) is 8.13. The first-order valence-corrected chi connectivity index (χ1v) is 6.25. The summed E-state index contributed by atoms with van der Waals surface area (Å²) in [5.41, 5.74) is 2.01. The van der Waals surface area contributed by atoms with E-state index in [1.807, 2.05) is 31.2 Å². The molecule has 1 heterocycles. The molecule has 1 aromatic carbocycles. The summed E-state index contributed by atoms with van der Waals surface area (Å²) >= 11 is 5.22. The van der Waals surface area contributed by atoms with Gasteiger partial charge in [-0.2, -0.15) is 0 Å². The fraction of sp³-hybridized carbons (Fsp3) is 0.385. The monoisotopic (exact) mass is 248 g/mol. The van der Waals surface area contributed by atoms with Gasteiger partial charge >= 0.3 is 0 Å². The average molecular weight is 248 g/mol. The second kappa shape index (κ2) is 4.84. The van der Waals surface area contributed by atoms with Crippen LogP contribution in [0.15, 0.2) is 24.3 Å². The van der Waals surface area contributed by atoms with Crippen LogP contribution in [0.1, 0.15) is 25.3 Å². The molecule has 0 radical (unpaired) electrons. The number of nitrogens with zero attached hydrogens (tertiary/aromatic N) is 1. The van der Waals surface area contributed by atoms with E-state index in [9.17, 15) is 4.79 Å². The van der Waals surface area contributed by atoms with E-state index >= 15 is 0 Å². The van der Waals surface area contributed by atoms with E-state index in [2.05, 4.69) is 12.2 Å². The Labute approximate surface area is 107 Å². The predicted octanol–water partition coefficient (Wildman–Crippen LogP) is 2.38. The Hall–Kier alpha value is -1.42. The maximum Gasteiger partial charge on any atom is 0.255 e. The van der Waals surface area contributed by atoms with Gasteiger partial charge in [-0.05, 0) is 37.7 Å². The van der Waals surface area contributed by atoms with Crippen LogP contribution in [0.5, 0.6) is 0 Å². The minimum atomic E-state index is -0.159. The summed E-state index contributed by atoms with van der Waals surface area (Å²) in [6.07, 6.45) is 1.79. The van der Waals surface area contributed by atoms with E-state index in [4.69, 9.17) is 12.2 Å². The Kier molecular flexibility index (Phi) is 3.43. The fourth-order valence-corrected chi connectivity index (χ4v) is 2.29. The van der Waals surface area contributed by atoms with Gasteiger partial charge in [0.15, 0.2) is 5.11 Å². The maximum atomic E-state index is 12.2. The van der Waals surface area contributed by atoms with Gasteiger partial charge in [0.05, 0.1) is 5.69 Å². The number of carbonyl (C=O) groups is 1. The number of nitrogens with one attached hydrogen (secondary N) is 1. The molecule has 0 saturated carbocycles. The van der Waals surface area contributed by atoms with Crippen LogP contribution in [-0.2, 0) is 4.79 Å². The van der Waals surface area contributed by atoms with Crippen molar-refractivity contribution >= 4 is 28.9 Å². The number of thiocarbonyl (C=S) groups is 1. The molecule has 1 N–H and O–H groups in total. The maximum absolute atomic E-state index is 12.2. The molecular weight excluding hydrogens is 232 g/mol. The van der Waals surface area contributed by atoms with Gasteiger partial charge in [0.25, 0.3) is 5.91 Å². The van der Waals surface area contributed by atoms with Crippen LogP contribution < -0.4 is 10.2 Å². The first-order valence-electron chi connectivity index (χ1n) is 5.84. The van der Waals surface area contributed by atoms with Crippen LogP contribution in [0.25, 0.3) is 0 Å². The standard InChI is InChI=1S/C13H16N2OS/c1-3-4-11-12(16)15(13(17)14-11)10-7-5-9(2)6-8-10/h5-8,11H,3-4H2,1-2H3,(H,14,17). The molecule has 1 fully saturated rings. The predicted molar refractivity (Wildman–Crippen MR) is 73.1 cm³/mol. The average Bonchev–Trinajstić information content (AvgIpc) is 2.57. The zero-order valence-electron chi connectivity index (χ0n) is 10.1. The molecule has 0 spiro atoms. The number of aryl methyl sites for hydroxylation is 1. The third kappa shape index (κ3) is 2.31. The molecule has 0 bridgehead atoms. The Bertz CT molecular complexity index is 441. The third-order valence-electron chi connectivity index (χ3n) is 2.89. The van der Waals surface area contributed by atoms with Gasteiger partial charge < -0.3 is 5.32 Å². The minimum absolute atomic E-state index is 0.0562. The number of benzene rings is 1. The van der Waals surface area contributed by atoms with Crippen LogP contribution in [-0.4, -0.2) is 17.1 Å². The summed E-state index contributed by atoms with van der Waals surface area (Å²) in [5.74, 6) is 0.0562. The summed E-state index contributed by atoms with van der Waals surface area (Å²) in [4.78, 5) is 13.8. The Balaban J connectivity index is 2.24. The quantitative estimate of drug-likeness (QED) is 0.834. The minimum Gasteiger partial charge on any atom is -0.350 e. The lowest BCUT2D eigenvalue weighted by molar-refractivity contribution is -0.118. The molecule has 1 aromatic rings. The van der Waals surface area contributed by atoms with Crippen LogP contribution in [0, 0.1) is 6.92 Å². The van der Waals surface area contributed by atoms with Crippen molar-refractivity contribution < 1.29 is 4.79 Å². The van der Waals surface area contributed by atoms with Gasteiger partial charge in [-0.1, -0.05) is 31.0 Å². The zero-order chi connectivity index (χ0) is 12.4. The topological polar surface area (TPSA) is 32.3 Å². The number of anilines is 1. The highest BCUT2D eigenvalue weighted by Crippen LogP contribution is 2.21. The summed E-state index contributed by atoms with van der Waals surface area (Å²) in [7, 11) is 0. The molecule has 90 valence electrons. The highest BCUT2D eigenvalue weighted by atomic mass is 32.1. The molecular formula is C13H16N2OS. The van der Waals surface area contributed by atoms with Gasteiger partial charge in [0, 0.05) is 0 Å². The molecule has 2 rings (SSSR count). The van der Waals surface area contributed by atoms with Gasteiger partial charge in [0.1, 0.15) is 6.04 Å². The number of amides is 1. The molecule has 17 heavy (non-hydrogen) atoms. The summed E-state index contributed by atoms with van der Waals surface area (Å²) in [6, 6.07) is 7.66. The van der Waals surface area contributed by atoms with Crippen LogP contribution in [0.4, 0.5) is 5.69 Å². The lowest BCUT2D eigenvalue weighted by Crippen LogP contribution is -2.31. The molecule has 1 amide bonds. The van der Waals surface area contributed by atoms with E-state index < -0.39 is 0 Å². The molecule has 4 heteroatoms. The molecule has 0 aromatic heterocycles. The van der Waals surface area contributed by atoms with E-state index in [-0.39, 0.29) is 11.9 Å². The van der Waals surface area contributed by atoms with E-state index in [0.29, 0.717) is 5.11 Å². The smallest absolute Gasteiger partial charge is 0.255 e. The summed E-state index contributed by atoms with van der Waals surface area (Å²) in [5, 5.41) is 3.59. The highest BCUT2D eigenvalue weighted by molar-refractivity contribution is 7.80. The Morgan fingerprint density at radius 3 is 2.59 bits per heavy atom. The lowest BCUT2D eigenvalue weighted by Gasteiger charge is -2.14. The van der Waals surface area contributed by atoms with Gasteiger partial charge in [0.2, 0.25) is 0 Å². The number of rotatable bonds is 3. The second-order valence-corrected chi connectivity index (χ2v) is 4.69. The van der Waals surface area contributed by atoms with Crippen molar-refractivity contribution in [3.05, 3.63) is 29.8 Å². The summed E-state index contributed by atoms with van der Waals surface area (Å²) < 4.78 is 0. The van der Waals surface area contributed by atoms with Crippen molar-refractivity contribution in [1.82, 2.24) is 5.32 Å². The first kappa shape index (κ1) is 12.0. The van der Waals surface area contributed by atoms with E-state index in [1.165, 1.54) is 5.56 Å². The van der Waals surface area contributed by atoms with Crippen molar-refractivity contribution in [3.63, 3.8) is 0 Å². The molecule has 1 aliphatic heterocycles. The normalized spacial score (nSPS) is 19.6. The SMILES string of the molecule is CCCC1NC(=S)N(c2ccc(C)cc2)C1=O. The number of hydrogen-bond acceptors (Lipinski definition) is 2. The zero-order valence-corrected chi connectivity index (χ0v) is 10.9. The third-order valence-corrected chi connectivity index (χ3v) is 3.19. The van der Waals surface area contributed by atoms with Gasteiger partial charge in [-0.25, -0.2) is 0 Å². The summed E-state index contributed by atoms with van der Waals surface area (Å²) in [6.45, 7) is 4.08. The fourth-order valence-electron chi connectivity index (χ4n) is 1.95. The van der Waals surface area contributed by atoms with Crippen LogP contribution in [0.3, 0.4) is 0 Å². The van der Waals surface area contributed by atoms with Crippen LogP contribution in [0.2, 0.25) is 0 Å². The number of hydrogen-bond donors (Lipinski definition) is 1. The molecule has 1 atom stereocenters. The number of carbonyl (C=O) groups excluding carboxylic acids is 1. The molecule has 1 unspecified atom stereocenters. The molecule has 0 aliphatic carbocycles. The second-order valence-electron chi connectivity index (χ2n) is 4.30. The lowest BCUT2D eigenvalue weighted by atomic mass is 10.1. The molecule has 1 saturated heterocycles. The van der Waals surface area contributed by atoms with Crippen molar-refractivity contribution in [2.75, 3.05) is 4.90 Å². The Morgan fingerprint density at radius 2 is 2.00 bits per heavy atom. The van der Waals surface area contributed by atoms with Crippen molar-refractivity contribution in [3.8, 4) is 0 Å². The van der Waals surface area contributed by atoms with E-state index in [0.717, 1.165) is 18.5 Å². The van der Waals surface area contributed by atoms with Crippen LogP contribution >= 0.6 is 12.2 Å². The van der Waals surface area contributed by atoms with Gasteiger partial charge in [-0.15, -0.1) is 0 Å². The molecule has 3 nitrogen and oxygen atoms in total. The van der Waals surface area contributed by atoms with Crippen molar-refractivity contribution in [2.45, 2.75) is 32.7 Å². The van der Waals surface area contributed by atoms with E-state index in [1.54, 1.807) is 4.90 Å². The van der Waals surface area contributed by atoms with Crippen molar-refractivity contribution in [1.29, 1.82) is 0 Å². The largest absolute Gasteiger partial charge is 0.350 e. The van der Waals surface area contributed by atoms with Crippen molar-refractivity contribution in [2.24, 2.45) is 0 Å². The molecule has 1 aliphatic rings.